The van der Waals surface area contributed by atoms with Gasteiger partial charge in [-0.3, -0.25) is 4.72 Å². The zero-order valence-electron chi connectivity index (χ0n) is 13.0. The van der Waals surface area contributed by atoms with Gasteiger partial charge in [0.2, 0.25) is 11.0 Å². The quantitative estimate of drug-likeness (QED) is 0.744. The van der Waals surface area contributed by atoms with Crippen LogP contribution in [0.4, 0.5) is 10.1 Å². The van der Waals surface area contributed by atoms with Gasteiger partial charge in [0.05, 0.1) is 5.69 Å². The topological polar surface area (TPSA) is 98.2 Å². The molecule has 0 radical (unpaired) electrons. The third kappa shape index (κ3) is 3.02. The van der Waals surface area contributed by atoms with Gasteiger partial charge in [-0.05, 0) is 37.1 Å². The van der Waals surface area contributed by atoms with Crippen LogP contribution < -0.4 is 4.72 Å². The molecule has 4 rings (SSSR count). The Bertz CT molecular complexity index is 1010. The van der Waals surface area contributed by atoms with E-state index in [0.29, 0.717) is 5.89 Å². The summed E-state index contributed by atoms with van der Waals surface area (Å²) in [6, 6.07) is 8.15. The van der Waals surface area contributed by atoms with Crippen molar-refractivity contribution < 1.29 is 21.6 Å². The van der Waals surface area contributed by atoms with Crippen molar-refractivity contribution in [2.24, 2.45) is 0 Å². The Balaban J connectivity index is 1.57. The molecule has 0 atom stereocenters. The number of aromatic nitrogens is 2. The number of hydrogen-bond acceptors (Lipinski definition) is 6. The second-order valence-corrected chi connectivity index (χ2v) is 7.39. The fourth-order valence-corrected chi connectivity index (χ4v) is 3.48. The van der Waals surface area contributed by atoms with Crippen molar-refractivity contribution in [3.05, 3.63) is 48.1 Å². The number of halogens is 1. The number of rotatable bonds is 5. The molecule has 2 aromatic heterocycles. The molecular formula is C16H14FN3O4S. The molecule has 25 heavy (non-hydrogen) atoms. The average molecular weight is 363 g/mol. The molecule has 7 nitrogen and oxygen atoms in total. The van der Waals surface area contributed by atoms with Gasteiger partial charge in [0.25, 0.3) is 15.9 Å². The molecule has 0 spiro atoms. The molecule has 0 bridgehead atoms. The summed E-state index contributed by atoms with van der Waals surface area (Å²) in [5, 5.41) is 7.50. The van der Waals surface area contributed by atoms with Crippen LogP contribution in [0, 0.1) is 5.82 Å². The lowest BCUT2D eigenvalue weighted by Crippen LogP contribution is -2.13. The molecule has 1 aliphatic carbocycles. The highest BCUT2D eigenvalue weighted by atomic mass is 32.2. The van der Waals surface area contributed by atoms with Crippen LogP contribution in [0.1, 0.15) is 31.1 Å². The van der Waals surface area contributed by atoms with E-state index in [4.69, 9.17) is 8.83 Å². The highest BCUT2D eigenvalue weighted by molar-refractivity contribution is 7.92. The number of furan rings is 1. The zero-order chi connectivity index (χ0) is 17.4. The van der Waals surface area contributed by atoms with Gasteiger partial charge < -0.3 is 8.83 Å². The Morgan fingerprint density at radius 2 is 1.88 bits per heavy atom. The number of nitrogens with zero attached hydrogens (tertiary/aromatic N) is 2. The average Bonchev–Trinajstić information content (AvgIpc) is 3.17. The van der Waals surface area contributed by atoms with Crippen molar-refractivity contribution >= 4 is 15.7 Å². The standard InChI is InChI=1S/C16H14FN3O4S/c17-11-6-1-2-7-12(11)20-25(21,22)14-9-8-13(23-14)16-19-18-15(24-16)10-4-3-5-10/h1-2,6-10,20H,3-5H2. The second-order valence-electron chi connectivity index (χ2n) is 5.78. The van der Waals surface area contributed by atoms with Gasteiger partial charge in [-0.15, -0.1) is 10.2 Å². The predicted octanol–water partition coefficient (Wildman–Crippen LogP) is 3.54. The summed E-state index contributed by atoms with van der Waals surface area (Å²) in [6.07, 6.45) is 3.14. The number of anilines is 1. The molecule has 2 heterocycles. The number of para-hydroxylation sites is 1. The van der Waals surface area contributed by atoms with E-state index in [2.05, 4.69) is 14.9 Å². The highest BCUT2D eigenvalue weighted by Crippen LogP contribution is 2.36. The molecule has 130 valence electrons. The van der Waals surface area contributed by atoms with Crippen molar-refractivity contribution in [1.82, 2.24) is 10.2 Å². The Labute approximate surface area is 142 Å². The maximum atomic E-state index is 13.6. The molecule has 9 heteroatoms. The molecule has 1 aliphatic rings. The normalized spacial score (nSPS) is 15.1. The first-order valence-corrected chi connectivity index (χ1v) is 9.22. The van der Waals surface area contributed by atoms with Gasteiger partial charge in [0.1, 0.15) is 5.82 Å². The van der Waals surface area contributed by atoms with E-state index in [0.717, 1.165) is 25.3 Å². The van der Waals surface area contributed by atoms with Crippen LogP contribution in [0.15, 0.2) is 50.3 Å². The monoisotopic (exact) mass is 363 g/mol. The molecule has 0 amide bonds. The maximum Gasteiger partial charge on any atom is 0.295 e. The Morgan fingerprint density at radius 1 is 1.08 bits per heavy atom. The number of hydrogen-bond donors (Lipinski definition) is 1. The summed E-state index contributed by atoms with van der Waals surface area (Å²) in [5.74, 6) is 0.384. The molecule has 3 aromatic rings. The Kier molecular flexibility index (Phi) is 3.79. The number of sulfonamides is 1. The largest absolute Gasteiger partial charge is 0.438 e. The molecule has 0 aliphatic heterocycles. The molecular weight excluding hydrogens is 349 g/mol. The van der Waals surface area contributed by atoms with Crippen molar-refractivity contribution in [2.45, 2.75) is 30.3 Å². The lowest BCUT2D eigenvalue weighted by Gasteiger charge is -2.20. The number of benzene rings is 1. The van der Waals surface area contributed by atoms with Crippen LogP contribution in [0.25, 0.3) is 11.7 Å². The lowest BCUT2D eigenvalue weighted by molar-refractivity contribution is 0.334. The van der Waals surface area contributed by atoms with Crippen molar-refractivity contribution in [2.75, 3.05) is 4.72 Å². The second kappa shape index (κ2) is 5.99. The van der Waals surface area contributed by atoms with Crippen LogP contribution in [0.2, 0.25) is 0 Å². The fourth-order valence-electron chi connectivity index (χ4n) is 2.47. The first-order valence-electron chi connectivity index (χ1n) is 7.74. The van der Waals surface area contributed by atoms with Gasteiger partial charge in [-0.2, -0.15) is 8.42 Å². The van der Waals surface area contributed by atoms with Gasteiger partial charge in [0, 0.05) is 5.92 Å². The molecule has 1 aromatic carbocycles. The SMILES string of the molecule is O=S(=O)(Nc1ccccc1F)c1ccc(-c2nnc(C3CCC3)o2)o1. The van der Waals surface area contributed by atoms with Crippen LogP contribution in [0.5, 0.6) is 0 Å². The van der Waals surface area contributed by atoms with E-state index in [1.807, 2.05) is 0 Å². The molecule has 0 unspecified atom stereocenters. The third-order valence-electron chi connectivity index (χ3n) is 4.07. The van der Waals surface area contributed by atoms with Gasteiger partial charge >= 0.3 is 0 Å². The summed E-state index contributed by atoms with van der Waals surface area (Å²) in [7, 11) is -4.07. The van der Waals surface area contributed by atoms with Crippen LogP contribution in [-0.4, -0.2) is 18.6 Å². The first-order chi connectivity index (χ1) is 12.0. The predicted molar refractivity (Wildman–Crippen MR) is 85.8 cm³/mol. The van der Waals surface area contributed by atoms with E-state index in [9.17, 15) is 12.8 Å². The van der Waals surface area contributed by atoms with E-state index in [1.165, 1.54) is 30.3 Å². The fraction of sp³-hybridized carbons (Fsp3) is 0.250. The molecule has 1 saturated carbocycles. The summed E-state index contributed by atoms with van der Waals surface area (Å²) in [6.45, 7) is 0. The Morgan fingerprint density at radius 3 is 2.60 bits per heavy atom. The first kappa shape index (κ1) is 15.8. The third-order valence-corrected chi connectivity index (χ3v) is 5.31. The molecule has 1 N–H and O–H groups in total. The van der Waals surface area contributed by atoms with Crippen molar-refractivity contribution in [3.63, 3.8) is 0 Å². The summed E-state index contributed by atoms with van der Waals surface area (Å²) in [5.41, 5.74) is -0.162. The van der Waals surface area contributed by atoms with Crippen LogP contribution in [0.3, 0.4) is 0 Å². The number of nitrogens with one attached hydrogen (secondary N) is 1. The minimum absolute atomic E-state index is 0.120. The van der Waals surface area contributed by atoms with E-state index < -0.39 is 15.8 Å². The van der Waals surface area contributed by atoms with E-state index in [1.54, 1.807) is 0 Å². The summed E-state index contributed by atoms with van der Waals surface area (Å²) >= 11 is 0. The molecule has 0 saturated heterocycles. The van der Waals surface area contributed by atoms with E-state index >= 15 is 0 Å². The minimum Gasteiger partial charge on any atom is -0.438 e. The van der Waals surface area contributed by atoms with Crippen molar-refractivity contribution in [3.8, 4) is 11.7 Å². The minimum atomic E-state index is -4.07. The summed E-state index contributed by atoms with van der Waals surface area (Å²) in [4.78, 5) is 0. The van der Waals surface area contributed by atoms with Gasteiger partial charge in [-0.25, -0.2) is 4.39 Å². The smallest absolute Gasteiger partial charge is 0.295 e. The molecule has 1 fully saturated rings. The summed E-state index contributed by atoms with van der Waals surface area (Å²) < 4.78 is 51.3. The maximum absolute atomic E-state index is 13.6. The van der Waals surface area contributed by atoms with Gasteiger partial charge in [-0.1, -0.05) is 18.6 Å². The highest BCUT2D eigenvalue weighted by Gasteiger charge is 2.27. The van der Waals surface area contributed by atoms with Crippen LogP contribution in [-0.2, 0) is 10.0 Å². The Hall–Kier alpha value is -2.68. The van der Waals surface area contributed by atoms with Gasteiger partial charge in [0.15, 0.2) is 5.76 Å². The van der Waals surface area contributed by atoms with Crippen LogP contribution >= 0.6 is 0 Å². The van der Waals surface area contributed by atoms with E-state index in [-0.39, 0.29) is 28.3 Å². The lowest BCUT2D eigenvalue weighted by atomic mass is 9.85. The zero-order valence-corrected chi connectivity index (χ0v) is 13.8. The van der Waals surface area contributed by atoms with Crippen molar-refractivity contribution in [1.29, 1.82) is 0 Å².